The van der Waals surface area contributed by atoms with Crippen LogP contribution in [0.1, 0.15) is 35.0 Å². The maximum atomic E-state index is 13.1. The second-order valence-corrected chi connectivity index (χ2v) is 7.69. The summed E-state index contributed by atoms with van der Waals surface area (Å²) in [5.74, 6) is 3.20. The van der Waals surface area contributed by atoms with Crippen LogP contribution in [0.25, 0.3) is 11.4 Å². The zero-order chi connectivity index (χ0) is 23.4. The van der Waals surface area contributed by atoms with Crippen LogP contribution in [0.4, 0.5) is 0 Å². The smallest absolute Gasteiger partial charge is 0.254 e. The molecule has 33 heavy (non-hydrogen) atoms. The Kier molecular flexibility index (Phi) is 6.67. The molecule has 0 unspecified atom stereocenters. The summed E-state index contributed by atoms with van der Waals surface area (Å²) in [4.78, 5) is 19.6. The maximum Gasteiger partial charge on any atom is 0.254 e. The molecule has 1 atom stereocenters. The first kappa shape index (κ1) is 22.4. The molecule has 0 bridgehead atoms. The summed E-state index contributed by atoms with van der Waals surface area (Å²) in [6, 6.07) is 10.6. The van der Waals surface area contributed by atoms with Gasteiger partial charge < -0.3 is 28.4 Å². The van der Waals surface area contributed by atoms with Crippen molar-refractivity contribution in [2.45, 2.75) is 18.8 Å². The molecule has 1 aromatic heterocycles. The van der Waals surface area contributed by atoms with E-state index in [1.165, 1.54) is 0 Å². The standard InChI is InChI=1S/C24H27N3O6/c1-29-18-9-7-15(12-20(18)31-3)22-25-23(33-26-22)17-6-5-11-27(14-17)24(28)16-8-10-19(30-2)21(13-16)32-4/h7-10,12-13,17H,5-6,11,14H2,1-4H3/t17-/m1/s1. The molecule has 0 N–H and O–H groups in total. The van der Waals surface area contributed by atoms with Gasteiger partial charge in [0.2, 0.25) is 11.7 Å². The zero-order valence-corrected chi connectivity index (χ0v) is 19.2. The number of carbonyl (C=O) groups excluding carboxylic acids is 1. The fourth-order valence-corrected chi connectivity index (χ4v) is 4.01. The normalized spacial score (nSPS) is 15.8. The first-order valence-corrected chi connectivity index (χ1v) is 10.6. The van der Waals surface area contributed by atoms with E-state index in [9.17, 15) is 4.79 Å². The molecule has 9 nitrogen and oxygen atoms in total. The van der Waals surface area contributed by atoms with Gasteiger partial charge in [0, 0.05) is 24.2 Å². The van der Waals surface area contributed by atoms with Crippen molar-refractivity contribution in [1.29, 1.82) is 0 Å². The Morgan fingerprint density at radius 3 is 2.30 bits per heavy atom. The largest absolute Gasteiger partial charge is 0.493 e. The van der Waals surface area contributed by atoms with Crippen LogP contribution in [0.5, 0.6) is 23.0 Å². The van der Waals surface area contributed by atoms with Crippen LogP contribution in [-0.2, 0) is 0 Å². The van der Waals surface area contributed by atoms with E-state index in [2.05, 4.69) is 10.1 Å². The molecule has 1 saturated heterocycles. The zero-order valence-electron chi connectivity index (χ0n) is 19.2. The van der Waals surface area contributed by atoms with Gasteiger partial charge in [0.15, 0.2) is 23.0 Å². The predicted octanol–water partition coefficient (Wildman–Crippen LogP) is 3.79. The summed E-state index contributed by atoms with van der Waals surface area (Å²) in [6.07, 6.45) is 1.71. The van der Waals surface area contributed by atoms with Crippen LogP contribution in [0, 0.1) is 0 Å². The molecule has 1 aliphatic rings. The lowest BCUT2D eigenvalue weighted by molar-refractivity contribution is 0.0695. The minimum atomic E-state index is -0.0692. The number of nitrogens with zero attached hydrogens (tertiary/aromatic N) is 3. The molecule has 2 aromatic carbocycles. The fraction of sp³-hybridized carbons (Fsp3) is 0.375. The quantitative estimate of drug-likeness (QED) is 0.533. The van der Waals surface area contributed by atoms with Gasteiger partial charge in [-0.3, -0.25) is 4.79 Å². The molecule has 0 spiro atoms. The van der Waals surface area contributed by atoms with E-state index in [1.807, 2.05) is 11.0 Å². The molecule has 1 fully saturated rings. The number of carbonyl (C=O) groups is 1. The number of benzene rings is 2. The van der Waals surface area contributed by atoms with Crippen molar-refractivity contribution in [3.63, 3.8) is 0 Å². The van der Waals surface area contributed by atoms with Gasteiger partial charge in [0.05, 0.1) is 34.4 Å². The Labute approximate surface area is 192 Å². The second-order valence-electron chi connectivity index (χ2n) is 7.69. The average Bonchev–Trinajstić information content (AvgIpc) is 3.38. The van der Waals surface area contributed by atoms with Gasteiger partial charge in [-0.2, -0.15) is 4.98 Å². The molecule has 1 aliphatic heterocycles. The fourth-order valence-electron chi connectivity index (χ4n) is 4.01. The highest BCUT2D eigenvalue weighted by atomic mass is 16.5. The summed E-state index contributed by atoms with van der Waals surface area (Å²) in [5.41, 5.74) is 1.31. The van der Waals surface area contributed by atoms with Crippen molar-refractivity contribution < 1.29 is 28.3 Å². The Hall–Kier alpha value is -3.75. The van der Waals surface area contributed by atoms with Crippen molar-refractivity contribution in [2.75, 3.05) is 41.5 Å². The van der Waals surface area contributed by atoms with Crippen molar-refractivity contribution in [1.82, 2.24) is 15.0 Å². The minimum Gasteiger partial charge on any atom is -0.493 e. The Morgan fingerprint density at radius 1 is 0.939 bits per heavy atom. The highest BCUT2D eigenvalue weighted by molar-refractivity contribution is 5.95. The summed E-state index contributed by atoms with van der Waals surface area (Å²) < 4.78 is 26.8. The molecule has 4 rings (SSSR count). The van der Waals surface area contributed by atoms with Crippen LogP contribution in [-0.4, -0.2) is 62.5 Å². The molecule has 1 amide bonds. The van der Waals surface area contributed by atoms with Crippen LogP contribution in [0.15, 0.2) is 40.9 Å². The maximum absolute atomic E-state index is 13.1. The number of methoxy groups -OCH3 is 4. The van der Waals surface area contributed by atoms with Crippen molar-refractivity contribution in [3.8, 4) is 34.4 Å². The average molecular weight is 453 g/mol. The molecule has 0 saturated carbocycles. The number of amides is 1. The van der Waals surface area contributed by atoms with Crippen molar-refractivity contribution in [3.05, 3.63) is 47.9 Å². The van der Waals surface area contributed by atoms with Gasteiger partial charge in [0.25, 0.3) is 5.91 Å². The predicted molar refractivity (Wildman–Crippen MR) is 120 cm³/mol. The van der Waals surface area contributed by atoms with Crippen LogP contribution in [0.3, 0.4) is 0 Å². The Morgan fingerprint density at radius 2 is 1.61 bits per heavy atom. The van der Waals surface area contributed by atoms with Gasteiger partial charge in [0.1, 0.15) is 0 Å². The number of piperidine rings is 1. The number of likely N-dealkylation sites (tertiary alicyclic amines) is 1. The SMILES string of the molecule is COc1ccc(C(=O)N2CCC[C@@H](c3nc(-c4ccc(OC)c(OC)c4)no3)C2)cc1OC. The van der Waals surface area contributed by atoms with Gasteiger partial charge >= 0.3 is 0 Å². The first-order chi connectivity index (χ1) is 16.1. The Bertz CT molecular complexity index is 1130. The van der Waals surface area contributed by atoms with Crippen LogP contribution < -0.4 is 18.9 Å². The van der Waals surface area contributed by atoms with E-state index >= 15 is 0 Å². The lowest BCUT2D eigenvalue weighted by Gasteiger charge is -2.31. The van der Waals surface area contributed by atoms with E-state index in [0.717, 1.165) is 18.4 Å². The van der Waals surface area contributed by atoms with E-state index in [-0.39, 0.29) is 11.8 Å². The third-order valence-electron chi connectivity index (χ3n) is 5.77. The van der Waals surface area contributed by atoms with Gasteiger partial charge in [-0.25, -0.2) is 0 Å². The molecular weight excluding hydrogens is 426 g/mol. The summed E-state index contributed by atoms with van der Waals surface area (Å²) >= 11 is 0. The summed E-state index contributed by atoms with van der Waals surface area (Å²) in [7, 11) is 6.28. The highest BCUT2D eigenvalue weighted by Crippen LogP contribution is 2.33. The number of aromatic nitrogens is 2. The number of ether oxygens (including phenoxy) is 4. The monoisotopic (exact) mass is 453 g/mol. The van der Waals surface area contributed by atoms with Crippen molar-refractivity contribution in [2.24, 2.45) is 0 Å². The molecule has 0 aliphatic carbocycles. The van der Waals surface area contributed by atoms with Crippen LogP contribution >= 0.6 is 0 Å². The molecule has 2 heterocycles. The topological polar surface area (TPSA) is 96.2 Å². The summed E-state index contributed by atoms with van der Waals surface area (Å²) in [5, 5.41) is 4.15. The number of rotatable bonds is 7. The van der Waals surface area contributed by atoms with E-state index in [4.69, 9.17) is 23.5 Å². The Balaban J connectivity index is 1.50. The highest BCUT2D eigenvalue weighted by Gasteiger charge is 2.29. The third kappa shape index (κ3) is 4.57. The van der Waals surface area contributed by atoms with Crippen molar-refractivity contribution >= 4 is 5.91 Å². The number of hydrogen-bond acceptors (Lipinski definition) is 8. The van der Waals surface area contributed by atoms with Crippen LogP contribution in [0.2, 0.25) is 0 Å². The lowest BCUT2D eigenvalue weighted by atomic mass is 9.97. The van der Waals surface area contributed by atoms with Gasteiger partial charge in [-0.05, 0) is 49.2 Å². The molecule has 9 heteroatoms. The second kappa shape index (κ2) is 9.81. The van der Waals surface area contributed by atoms with E-state index in [0.29, 0.717) is 53.4 Å². The van der Waals surface area contributed by atoms with Gasteiger partial charge in [-0.1, -0.05) is 5.16 Å². The molecule has 3 aromatic rings. The minimum absolute atomic E-state index is 0.0377. The van der Waals surface area contributed by atoms with Gasteiger partial charge in [-0.15, -0.1) is 0 Å². The van der Waals surface area contributed by atoms with E-state index < -0.39 is 0 Å². The van der Waals surface area contributed by atoms with E-state index in [1.54, 1.807) is 58.8 Å². The summed E-state index contributed by atoms with van der Waals surface area (Å²) in [6.45, 7) is 1.17. The number of hydrogen-bond donors (Lipinski definition) is 0. The molecular formula is C24H27N3O6. The third-order valence-corrected chi connectivity index (χ3v) is 5.77. The molecule has 0 radical (unpaired) electrons. The first-order valence-electron chi connectivity index (χ1n) is 10.6. The molecule has 174 valence electrons. The lowest BCUT2D eigenvalue weighted by Crippen LogP contribution is -2.39.